The Morgan fingerprint density at radius 1 is 1.04 bits per heavy atom. The van der Waals surface area contributed by atoms with E-state index < -0.39 is 4.92 Å². The number of hydrogen-bond donors (Lipinski definition) is 1. The van der Waals surface area contributed by atoms with Crippen LogP contribution in [-0.4, -0.2) is 49.1 Å². The maximum Gasteiger partial charge on any atom is 0.321 e. The molecule has 0 bridgehead atoms. The third-order valence-electron chi connectivity index (χ3n) is 4.33. The molecular formula is C18H20N4O4. The van der Waals surface area contributed by atoms with E-state index >= 15 is 0 Å². The first-order valence-electron chi connectivity index (χ1n) is 8.26. The average Bonchev–Trinajstić information content (AvgIpc) is 2.68. The van der Waals surface area contributed by atoms with Crippen LogP contribution in [0.25, 0.3) is 0 Å². The van der Waals surface area contributed by atoms with Gasteiger partial charge in [-0.1, -0.05) is 0 Å². The van der Waals surface area contributed by atoms with E-state index in [4.69, 9.17) is 4.74 Å². The summed E-state index contributed by atoms with van der Waals surface area (Å²) in [6.45, 7) is 2.68. The maximum absolute atomic E-state index is 12.4. The summed E-state index contributed by atoms with van der Waals surface area (Å²) in [6.07, 6.45) is 0. The van der Waals surface area contributed by atoms with Gasteiger partial charge >= 0.3 is 6.03 Å². The number of non-ortho nitro benzene ring substituents is 1. The highest BCUT2D eigenvalue weighted by atomic mass is 16.6. The van der Waals surface area contributed by atoms with Gasteiger partial charge in [0, 0.05) is 49.7 Å². The Morgan fingerprint density at radius 2 is 1.65 bits per heavy atom. The lowest BCUT2D eigenvalue weighted by molar-refractivity contribution is -0.384. The van der Waals surface area contributed by atoms with Crippen molar-refractivity contribution in [3.8, 4) is 5.75 Å². The molecular weight excluding hydrogens is 336 g/mol. The molecule has 1 N–H and O–H groups in total. The molecule has 2 aromatic carbocycles. The normalized spacial score (nSPS) is 14.0. The third-order valence-corrected chi connectivity index (χ3v) is 4.33. The molecule has 1 saturated heterocycles. The quantitative estimate of drug-likeness (QED) is 0.672. The van der Waals surface area contributed by atoms with Crippen LogP contribution in [0.5, 0.6) is 5.75 Å². The molecule has 1 aliphatic heterocycles. The second-order valence-electron chi connectivity index (χ2n) is 5.91. The summed E-state index contributed by atoms with van der Waals surface area (Å²) in [6, 6.07) is 13.5. The number of piperazine rings is 1. The van der Waals surface area contributed by atoms with Crippen molar-refractivity contribution < 1.29 is 14.5 Å². The standard InChI is InChI=1S/C18H20N4O4/c1-26-17-8-6-15(7-9-17)20-10-12-21(13-11-20)18(23)19-14-2-4-16(5-3-14)22(24)25/h2-9H,10-13H2,1H3,(H,19,23). The van der Waals surface area contributed by atoms with Crippen LogP contribution in [-0.2, 0) is 0 Å². The monoisotopic (exact) mass is 356 g/mol. The van der Waals surface area contributed by atoms with Crippen molar-refractivity contribution in [3.05, 3.63) is 58.6 Å². The summed E-state index contributed by atoms with van der Waals surface area (Å²) in [4.78, 5) is 26.5. The summed E-state index contributed by atoms with van der Waals surface area (Å²) >= 11 is 0. The van der Waals surface area contributed by atoms with Gasteiger partial charge in [-0.2, -0.15) is 0 Å². The van der Waals surface area contributed by atoms with Gasteiger partial charge in [-0.25, -0.2) is 4.79 Å². The molecule has 0 aliphatic carbocycles. The molecule has 0 spiro atoms. The first-order chi connectivity index (χ1) is 12.6. The number of urea groups is 1. The fourth-order valence-electron chi connectivity index (χ4n) is 2.83. The van der Waals surface area contributed by atoms with E-state index in [1.165, 1.54) is 24.3 Å². The summed E-state index contributed by atoms with van der Waals surface area (Å²) in [5.41, 5.74) is 1.63. The molecule has 0 unspecified atom stereocenters. The number of nitro groups is 1. The van der Waals surface area contributed by atoms with Gasteiger partial charge in [-0.15, -0.1) is 0 Å². The molecule has 2 amide bonds. The third kappa shape index (κ3) is 4.02. The molecule has 26 heavy (non-hydrogen) atoms. The number of rotatable bonds is 4. The molecule has 0 atom stereocenters. The van der Waals surface area contributed by atoms with Crippen molar-refractivity contribution in [1.82, 2.24) is 4.90 Å². The Labute approximate surface area is 151 Å². The lowest BCUT2D eigenvalue weighted by Crippen LogP contribution is -2.50. The van der Waals surface area contributed by atoms with Crippen LogP contribution >= 0.6 is 0 Å². The maximum atomic E-state index is 12.4. The van der Waals surface area contributed by atoms with Crippen LogP contribution in [0.1, 0.15) is 0 Å². The zero-order chi connectivity index (χ0) is 18.5. The Kier molecular flexibility index (Phi) is 5.21. The van der Waals surface area contributed by atoms with Crippen molar-refractivity contribution >= 4 is 23.1 Å². The number of nitro benzene ring substituents is 1. The summed E-state index contributed by atoms with van der Waals surface area (Å²) < 4.78 is 5.17. The van der Waals surface area contributed by atoms with Gasteiger partial charge in [0.2, 0.25) is 0 Å². The van der Waals surface area contributed by atoms with E-state index in [0.717, 1.165) is 24.5 Å². The van der Waals surface area contributed by atoms with Crippen LogP contribution in [0.3, 0.4) is 0 Å². The van der Waals surface area contributed by atoms with Crippen LogP contribution < -0.4 is 15.0 Å². The van der Waals surface area contributed by atoms with E-state index in [-0.39, 0.29) is 11.7 Å². The van der Waals surface area contributed by atoms with Gasteiger partial charge in [-0.3, -0.25) is 10.1 Å². The number of anilines is 2. The number of amides is 2. The number of carbonyl (C=O) groups excluding carboxylic acids is 1. The van der Waals surface area contributed by atoms with Gasteiger partial charge in [0.15, 0.2) is 0 Å². The Balaban J connectivity index is 1.53. The molecule has 8 nitrogen and oxygen atoms in total. The highest BCUT2D eigenvalue weighted by Crippen LogP contribution is 2.21. The number of hydrogen-bond acceptors (Lipinski definition) is 5. The largest absolute Gasteiger partial charge is 0.497 e. The SMILES string of the molecule is COc1ccc(N2CCN(C(=O)Nc3ccc([N+](=O)[O-])cc3)CC2)cc1. The minimum atomic E-state index is -0.468. The molecule has 1 aliphatic rings. The predicted molar refractivity (Wildman–Crippen MR) is 98.9 cm³/mol. The molecule has 136 valence electrons. The van der Waals surface area contributed by atoms with Crippen molar-refractivity contribution in [2.45, 2.75) is 0 Å². The van der Waals surface area contributed by atoms with E-state index in [9.17, 15) is 14.9 Å². The summed E-state index contributed by atoms with van der Waals surface area (Å²) in [7, 11) is 1.64. The van der Waals surface area contributed by atoms with Crippen LogP contribution in [0.2, 0.25) is 0 Å². The summed E-state index contributed by atoms with van der Waals surface area (Å²) in [5, 5.41) is 13.4. The lowest BCUT2D eigenvalue weighted by atomic mass is 10.2. The lowest BCUT2D eigenvalue weighted by Gasteiger charge is -2.36. The molecule has 2 aromatic rings. The number of methoxy groups -OCH3 is 1. The molecule has 0 radical (unpaired) electrons. The Bertz CT molecular complexity index is 769. The highest BCUT2D eigenvalue weighted by molar-refractivity contribution is 5.89. The van der Waals surface area contributed by atoms with E-state index in [1.807, 2.05) is 24.3 Å². The number of nitrogens with zero attached hydrogens (tertiary/aromatic N) is 3. The molecule has 0 saturated carbocycles. The first kappa shape index (κ1) is 17.5. The van der Waals surface area contributed by atoms with Crippen molar-refractivity contribution in [3.63, 3.8) is 0 Å². The van der Waals surface area contributed by atoms with E-state index in [0.29, 0.717) is 18.8 Å². The van der Waals surface area contributed by atoms with Crippen LogP contribution in [0.15, 0.2) is 48.5 Å². The average molecular weight is 356 g/mol. The van der Waals surface area contributed by atoms with Crippen LogP contribution in [0, 0.1) is 10.1 Å². The minimum absolute atomic E-state index is 0.00361. The highest BCUT2D eigenvalue weighted by Gasteiger charge is 2.21. The molecule has 1 heterocycles. The molecule has 3 rings (SSSR count). The fraction of sp³-hybridized carbons (Fsp3) is 0.278. The van der Waals surface area contributed by atoms with Gasteiger partial charge in [-0.05, 0) is 36.4 Å². The van der Waals surface area contributed by atoms with E-state index in [1.54, 1.807) is 12.0 Å². The van der Waals surface area contributed by atoms with Crippen molar-refractivity contribution in [2.24, 2.45) is 0 Å². The Hall–Kier alpha value is -3.29. The second kappa shape index (κ2) is 7.73. The van der Waals surface area contributed by atoms with Gasteiger partial charge in [0.05, 0.1) is 12.0 Å². The second-order valence-corrected chi connectivity index (χ2v) is 5.91. The van der Waals surface area contributed by atoms with Crippen molar-refractivity contribution in [1.29, 1.82) is 0 Å². The van der Waals surface area contributed by atoms with Crippen LogP contribution in [0.4, 0.5) is 21.9 Å². The van der Waals surface area contributed by atoms with E-state index in [2.05, 4.69) is 10.2 Å². The number of carbonyl (C=O) groups is 1. The molecule has 8 heteroatoms. The smallest absolute Gasteiger partial charge is 0.321 e. The number of ether oxygens (including phenoxy) is 1. The Morgan fingerprint density at radius 3 is 2.19 bits per heavy atom. The minimum Gasteiger partial charge on any atom is -0.497 e. The number of nitrogens with one attached hydrogen (secondary N) is 1. The fourth-order valence-corrected chi connectivity index (χ4v) is 2.83. The topological polar surface area (TPSA) is 88.0 Å². The van der Waals surface area contributed by atoms with Gasteiger partial charge in [0.1, 0.15) is 5.75 Å². The zero-order valence-corrected chi connectivity index (χ0v) is 14.4. The van der Waals surface area contributed by atoms with Gasteiger partial charge in [0.25, 0.3) is 5.69 Å². The predicted octanol–water partition coefficient (Wildman–Crippen LogP) is 2.96. The van der Waals surface area contributed by atoms with Crippen molar-refractivity contribution in [2.75, 3.05) is 43.5 Å². The zero-order valence-electron chi connectivity index (χ0n) is 14.4. The number of benzene rings is 2. The first-order valence-corrected chi connectivity index (χ1v) is 8.26. The molecule has 0 aromatic heterocycles. The van der Waals surface area contributed by atoms with Gasteiger partial charge < -0.3 is 19.9 Å². The summed E-state index contributed by atoms with van der Waals surface area (Å²) in [5.74, 6) is 0.815. The molecule has 1 fully saturated rings.